The molecule has 0 aliphatic carbocycles. The number of methoxy groups -OCH3 is 1. The number of hydrogen-bond acceptors (Lipinski definition) is 11. The van der Waals surface area contributed by atoms with Crippen molar-refractivity contribution in [3.05, 3.63) is 64.8 Å². The van der Waals surface area contributed by atoms with Gasteiger partial charge in [-0.15, -0.1) is 0 Å². The van der Waals surface area contributed by atoms with Gasteiger partial charge in [0.2, 0.25) is 5.88 Å². The molecule has 0 amide bonds. The number of anilines is 4. The molecule has 11 nitrogen and oxygen atoms in total. The molecule has 0 saturated heterocycles. The average molecular weight is 561 g/mol. The fourth-order valence-electron chi connectivity index (χ4n) is 4.79. The molecule has 216 valence electrons. The minimum atomic E-state index is -0.680. The van der Waals surface area contributed by atoms with Crippen LogP contribution in [0.2, 0.25) is 0 Å². The summed E-state index contributed by atoms with van der Waals surface area (Å²) in [5, 5.41) is 4.11. The van der Waals surface area contributed by atoms with E-state index < -0.39 is 11.2 Å². The highest BCUT2D eigenvalue weighted by Crippen LogP contribution is 2.39. The fraction of sp³-hybridized carbons (Fsp3) is 0.367. The van der Waals surface area contributed by atoms with E-state index in [1.54, 1.807) is 25.3 Å². The number of likely N-dealkylation sites (N-methyl/N-ethyl adjacent to an activating group) is 2. The first-order valence-electron chi connectivity index (χ1n) is 13.4. The molecule has 0 bridgehead atoms. The lowest BCUT2D eigenvalue weighted by molar-refractivity contribution is -0.0286. The molecule has 4 aromatic rings. The highest BCUT2D eigenvalue weighted by Gasteiger charge is 2.39. The van der Waals surface area contributed by atoms with Gasteiger partial charge < -0.3 is 39.5 Å². The zero-order chi connectivity index (χ0) is 29.3. The Morgan fingerprint density at radius 3 is 2.66 bits per heavy atom. The standard InChI is InChI=1S/C30H36N6O5/c1-30(2)26(12-19-11-18-7-8-29(37)39-23(18)15-24(19)41-30)40-28-16-27(32-17-33-28)34-21-13-20(31)22(14-25(21)38-6)36(5)10-9-35(3)4/h7-8,11,13-17,26H,9-10,12,31H2,1-6H3,(H,32,33,34)/t26-/m0/s1. The van der Waals surface area contributed by atoms with Gasteiger partial charge >= 0.3 is 5.63 Å². The quantitative estimate of drug-likeness (QED) is 0.227. The topological polar surface area (TPSA) is 128 Å². The van der Waals surface area contributed by atoms with Gasteiger partial charge in [-0.25, -0.2) is 14.8 Å². The molecule has 1 aliphatic heterocycles. The van der Waals surface area contributed by atoms with Crippen molar-refractivity contribution in [3.63, 3.8) is 0 Å². The first-order valence-corrected chi connectivity index (χ1v) is 13.4. The molecule has 1 aliphatic rings. The van der Waals surface area contributed by atoms with Gasteiger partial charge in [0.15, 0.2) is 0 Å². The van der Waals surface area contributed by atoms with Crippen LogP contribution < -0.4 is 35.8 Å². The number of nitrogen functional groups attached to an aromatic ring is 1. The first kappa shape index (κ1) is 28.0. The van der Waals surface area contributed by atoms with E-state index >= 15 is 0 Å². The fourth-order valence-corrected chi connectivity index (χ4v) is 4.79. The van der Waals surface area contributed by atoms with Crippen LogP contribution in [-0.2, 0) is 6.42 Å². The van der Waals surface area contributed by atoms with E-state index in [9.17, 15) is 4.79 Å². The third-order valence-corrected chi connectivity index (χ3v) is 7.17. The monoisotopic (exact) mass is 560 g/mol. The van der Waals surface area contributed by atoms with Gasteiger partial charge in [-0.1, -0.05) is 0 Å². The van der Waals surface area contributed by atoms with Gasteiger partial charge in [-0.05, 0) is 51.7 Å². The lowest BCUT2D eigenvalue weighted by Gasteiger charge is -2.39. The predicted octanol–water partition coefficient (Wildman–Crippen LogP) is 4.08. The summed E-state index contributed by atoms with van der Waals surface area (Å²) in [5.41, 5.74) is 8.97. The third kappa shape index (κ3) is 6.14. The number of hydrogen-bond donors (Lipinski definition) is 2. The summed E-state index contributed by atoms with van der Waals surface area (Å²) in [6, 6.07) is 12.4. The number of benzene rings is 2. The van der Waals surface area contributed by atoms with Crippen LogP contribution in [0.3, 0.4) is 0 Å². The van der Waals surface area contributed by atoms with Crippen LogP contribution in [0.1, 0.15) is 19.4 Å². The summed E-state index contributed by atoms with van der Waals surface area (Å²) in [7, 11) is 7.70. The summed E-state index contributed by atoms with van der Waals surface area (Å²) >= 11 is 0. The molecule has 3 N–H and O–H groups in total. The maximum atomic E-state index is 11.7. The summed E-state index contributed by atoms with van der Waals surface area (Å²) < 4.78 is 23.7. The molecule has 0 unspecified atom stereocenters. The number of rotatable bonds is 9. The Kier molecular flexibility index (Phi) is 7.63. The molecule has 0 radical (unpaired) electrons. The molecular formula is C30H36N6O5. The summed E-state index contributed by atoms with van der Waals surface area (Å²) in [4.78, 5) is 24.6. The van der Waals surface area contributed by atoms with Gasteiger partial charge in [-0.3, -0.25) is 0 Å². The largest absolute Gasteiger partial charge is 0.494 e. The van der Waals surface area contributed by atoms with Crippen LogP contribution in [0.15, 0.2) is 58.0 Å². The number of nitrogens with one attached hydrogen (secondary N) is 1. The number of nitrogens with zero attached hydrogens (tertiary/aromatic N) is 4. The minimum absolute atomic E-state index is 0.340. The van der Waals surface area contributed by atoms with Crippen LogP contribution in [0.4, 0.5) is 22.9 Å². The van der Waals surface area contributed by atoms with Crippen molar-refractivity contribution < 1.29 is 18.6 Å². The molecule has 2 aromatic carbocycles. The third-order valence-electron chi connectivity index (χ3n) is 7.17. The maximum Gasteiger partial charge on any atom is 0.336 e. The van der Waals surface area contributed by atoms with E-state index in [-0.39, 0.29) is 6.10 Å². The number of fused-ring (bicyclic) bond motifs is 2. The normalized spacial score (nSPS) is 15.7. The number of nitrogens with two attached hydrogens (primary N) is 1. The highest BCUT2D eigenvalue weighted by atomic mass is 16.6. The zero-order valence-electron chi connectivity index (χ0n) is 24.2. The van der Waals surface area contributed by atoms with Crippen molar-refractivity contribution in [1.82, 2.24) is 14.9 Å². The van der Waals surface area contributed by atoms with Crippen molar-refractivity contribution in [2.75, 3.05) is 57.3 Å². The minimum Gasteiger partial charge on any atom is -0.494 e. The number of aromatic nitrogens is 2. The van der Waals surface area contributed by atoms with E-state index in [1.807, 2.05) is 53.2 Å². The Morgan fingerprint density at radius 1 is 1.10 bits per heavy atom. The van der Waals surface area contributed by atoms with Gasteiger partial charge in [0.1, 0.15) is 40.9 Å². The van der Waals surface area contributed by atoms with Crippen LogP contribution >= 0.6 is 0 Å². The van der Waals surface area contributed by atoms with Crippen molar-refractivity contribution in [3.8, 4) is 17.4 Å². The van der Waals surface area contributed by atoms with Crippen LogP contribution in [-0.4, -0.2) is 67.9 Å². The lowest BCUT2D eigenvalue weighted by Crippen LogP contribution is -2.49. The van der Waals surface area contributed by atoms with E-state index in [1.165, 1.54) is 12.4 Å². The molecule has 1 atom stereocenters. The second kappa shape index (κ2) is 11.2. The molecule has 41 heavy (non-hydrogen) atoms. The second-order valence-corrected chi connectivity index (χ2v) is 11.0. The van der Waals surface area contributed by atoms with Gasteiger partial charge in [0, 0.05) is 56.2 Å². The molecule has 3 heterocycles. The summed E-state index contributed by atoms with van der Waals surface area (Å²) in [5.74, 6) is 2.22. The van der Waals surface area contributed by atoms with E-state index in [2.05, 4.69) is 25.1 Å². The Bertz CT molecular complexity index is 1620. The molecule has 0 saturated carbocycles. The second-order valence-electron chi connectivity index (χ2n) is 11.0. The van der Waals surface area contributed by atoms with Gasteiger partial charge in [0.25, 0.3) is 0 Å². The van der Waals surface area contributed by atoms with E-state index in [4.69, 9.17) is 24.4 Å². The molecule has 5 rings (SSSR count). The van der Waals surface area contributed by atoms with Gasteiger partial charge in [-0.2, -0.15) is 0 Å². The number of ether oxygens (including phenoxy) is 3. The van der Waals surface area contributed by atoms with Gasteiger partial charge in [0.05, 0.1) is 24.2 Å². The van der Waals surface area contributed by atoms with Crippen LogP contribution in [0.25, 0.3) is 11.0 Å². The maximum absolute atomic E-state index is 11.7. The lowest BCUT2D eigenvalue weighted by atomic mass is 9.90. The Balaban J connectivity index is 1.35. The molecule has 2 aromatic heterocycles. The zero-order valence-corrected chi connectivity index (χ0v) is 24.2. The smallest absolute Gasteiger partial charge is 0.336 e. The van der Waals surface area contributed by atoms with E-state index in [0.29, 0.717) is 46.6 Å². The van der Waals surface area contributed by atoms with Crippen molar-refractivity contribution in [1.29, 1.82) is 0 Å². The van der Waals surface area contributed by atoms with Crippen molar-refractivity contribution in [2.24, 2.45) is 0 Å². The molecular weight excluding hydrogens is 524 g/mol. The van der Waals surface area contributed by atoms with Crippen molar-refractivity contribution in [2.45, 2.75) is 32.0 Å². The Labute approximate surface area is 238 Å². The van der Waals surface area contributed by atoms with Crippen LogP contribution in [0, 0.1) is 0 Å². The summed E-state index contributed by atoms with van der Waals surface area (Å²) in [6.45, 7) is 5.62. The molecule has 0 spiro atoms. The molecule has 11 heteroatoms. The predicted molar refractivity (Wildman–Crippen MR) is 160 cm³/mol. The van der Waals surface area contributed by atoms with E-state index in [0.717, 1.165) is 29.7 Å². The highest BCUT2D eigenvalue weighted by molar-refractivity contribution is 5.80. The molecule has 0 fully saturated rings. The summed E-state index contributed by atoms with van der Waals surface area (Å²) in [6.07, 6.45) is 1.68. The van der Waals surface area contributed by atoms with Crippen molar-refractivity contribution >= 4 is 33.8 Å². The Hall–Kier alpha value is -4.51. The Morgan fingerprint density at radius 2 is 1.90 bits per heavy atom. The SMILES string of the molecule is COc1cc(N(C)CCN(C)C)c(N)cc1Nc1cc(O[C@H]2Cc3cc4ccc(=O)oc4cc3OC2(C)C)ncn1. The first-order chi connectivity index (χ1) is 19.5. The van der Waals surface area contributed by atoms with Crippen LogP contribution in [0.5, 0.6) is 17.4 Å². The average Bonchev–Trinajstić information content (AvgIpc) is 2.91.